The zero-order chi connectivity index (χ0) is 19.1. The Morgan fingerprint density at radius 1 is 1.04 bits per heavy atom. The number of tetrazole rings is 1. The average molecular weight is 387 g/mol. The summed E-state index contributed by atoms with van der Waals surface area (Å²) in [7, 11) is -0.469. The standard InChI is InChI=1S/C18H22N5O3P/c1-25-27(24,26-2)13-19-17(18-20-22-23-21-18)12-14-8-10-16(11-9-14)15-6-4-3-5-7-15/h3-11,17,19H,12-13H2,1-2H3,(H,20,21,22,23)/t17-/m0/s1. The predicted molar refractivity (Wildman–Crippen MR) is 102 cm³/mol. The van der Waals surface area contributed by atoms with Crippen LogP contribution in [0.1, 0.15) is 17.4 Å². The van der Waals surface area contributed by atoms with Crippen LogP contribution >= 0.6 is 7.60 Å². The SMILES string of the molecule is COP(=O)(CN[C@@H](Cc1ccc(-c2ccccc2)cc1)c1nn[nH]n1)OC. The highest BCUT2D eigenvalue weighted by molar-refractivity contribution is 7.53. The van der Waals surface area contributed by atoms with Gasteiger partial charge in [0.1, 0.15) is 0 Å². The van der Waals surface area contributed by atoms with Crippen LogP contribution in [0.15, 0.2) is 54.6 Å². The van der Waals surface area contributed by atoms with Crippen molar-refractivity contribution in [1.82, 2.24) is 25.9 Å². The second-order valence-electron chi connectivity index (χ2n) is 5.93. The Morgan fingerprint density at radius 2 is 1.70 bits per heavy atom. The summed E-state index contributed by atoms with van der Waals surface area (Å²) in [6, 6.07) is 18.2. The van der Waals surface area contributed by atoms with E-state index in [0.717, 1.165) is 16.7 Å². The minimum absolute atomic E-state index is 0.0430. The highest BCUT2D eigenvalue weighted by Gasteiger charge is 2.25. The van der Waals surface area contributed by atoms with Crippen molar-refractivity contribution in [2.45, 2.75) is 12.5 Å². The van der Waals surface area contributed by atoms with Crippen molar-refractivity contribution in [3.63, 3.8) is 0 Å². The van der Waals surface area contributed by atoms with Crippen molar-refractivity contribution >= 4 is 7.60 Å². The van der Waals surface area contributed by atoms with Crippen LogP contribution in [-0.4, -0.2) is 41.1 Å². The molecule has 0 saturated carbocycles. The lowest BCUT2D eigenvalue weighted by atomic mass is 10.0. The van der Waals surface area contributed by atoms with E-state index in [2.05, 4.69) is 62.3 Å². The van der Waals surface area contributed by atoms with Gasteiger partial charge in [0.2, 0.25) is 0 Å². The minimum Gasteiger partial charge on any atom is -0.311 e. The summed E-state index contributed by atoms with van der Waals surface area (Å²) in [5.74, 6) is 0.487. The first kappa shape index (κ1) is 19.4. The Morgan fingerprint density at radius 3 is 2.30 bits per heavy atom. The van der Waals surface area contributed by atoms with E-state index in [0.29, 0.717) is 12.2 Å². The van der Waals surface area contributed by atoms with Crippen LogP contribution in [0, 0.1) is 0 Å². The molecule has 142 valence electrons. The molecule has 0 unspecified atom stereocenters. The van der Waals surface area contributed by atoms with E-state index in [1.807, 2.05) is 18.2 Å². The lowest BCUT2D eigenvalue weighted by molar-refractivity contribution is 0.270. The fourth-order valence-electron chi connectivity index (χ4n) is 2.70. The predicted octanol–water partition coefficient (Wildman–Crippen LogP) is 3.18. The van der Waals surface area contributed by atoms with Crippen LogP contribution in [0.3, 0.4) is 0 Å². The van der Waals surface area contributed by atoms with Crippen LogP contribution in [0.25, 0.3) is 11.1 Å². The van der Waals surface area contributed by atoms with Crippen molar-refractivity contribution in [3.05, 3.63) is 66.0 Å². The van der Waals surface area contributed by atoms with Crippen LogP contribution < -0.4 is 5.32 Å². The largest absolute Gasteiger partial charge is 0.343 e. The van der Waals surface area contributed by atoms with E-state index in [1.165, 1.54) is 14.2 Å². The van der Waals surface area contributed by atoms with Gasteiger partial charge in [-0.2, -0.15) is 5.21 Å². The van der Waals surface area contributed by atoms with Crippen molar-refractivity contribution in [2.24, 2.45) is 0 Å². The van der Waals surface area contributed by atoms with E-state index in [9.17, 15) is 4.57 Å². The summed E-state index contributed by atoms with van der Waals surface area (Å²) >= 11 is 0. The summed E-state index contributed by atoms with van der Waals surface area (Å²) in [4.78, 5) is 0. The number of H-pyrrole nitrogens is 1. The molecule has 0 bridgehead atoms. The first-order chi connectivity index (χ1) is 13.1. The molecule has 0 saturated heterocycles. The molecule has 0 aliphatic heterocycles. The molecule has 0 spiro atoms. The van der Waals surface area contributed by atoms with E-state index in [-0.39, 0.29) is 12.3 Å². The van der Waals surface area contributed by atoms with Crippen molar-refractivity contribution in [3.8, 4) is 11.1 Å². The third-order valence-electron chi connectivity index (χ3n) is 4.26. The van der Waals surface area contributed by atoms with Gasteiger partial charge in [-0.1, -0.05) is 59.8 Å². The number of nitrogens with zero attached hydrogens (tertiary/aromatic N) is 3. The molecule has 3 rings (SSSR count). The molecule has 27 heavy (non-hydrogen) atoms. The molecular formula is C18H22N5O3P. The molecule has 0 aliphatic carbocycles. The molecule has 8 nitrogen and oxygen atoms in total. The zero-order valence-electron chi connectivity index (χ0n) is 15.2. The molecule has 3 aromatic rings. The molecule has 1 atom stereocenters. The Kier molecular flexibility index (Phi) is 6.47. The molecule has 0 aliphatic rings. The van der Waals surface area contributed by atoms with Crippen LogP contribution in [0.2, 0.25) is 0 Å². The molecule has 9 heteroatoms. The Bertz CT molecular complexity index is 864. The van der Waals surface area contributed by atoms with Crippen molar-refractivity contribution < 1.29 is 13.6 Å². The fraction of sp³-hybridized carbons (Fsp3) is 0.278. The average Bonchev–Trinajstić information content (AvgIpc) is 3.27. The molecular weight excluding hydrogens is 365 g/mol. The van der Waals surface area contributed by atoms with Crippen molar-refractivity contribution in [2.75, 3.05) is 20.5 Å². The minimum atomic E-state index is -3.19. The zero-order valence-corrected chi connectivity index (χ0v) is 16.1. The first-order valence-corrected chi connectivity index (χ1v) is 10.2. The number of aromatic amines is 1. The molecule has 1 aromatic heterocycles. The highest BCUT2D eigenvalue weighted by Crippen LogP contribution is 2.45. The number of hydrogen-bond donors (Lipinski definition) is 2. The molecule has 2 N–H and O–H groups in total. The van der Waals surface area contributed by atoms with E-state index < -0.39 is 7.60 Å². The quantitative estimate of drug-likeness (QED) is 0.544. The van der Waals surface area contributed by atoms with Gasteiger partial charge in [0.15, 0.2) is 5.82 Å². The Labute approximate surface area is 157 Å². The van der Waals surface area contributed by atoms with Crippen LogP contribution in [0.5, 0.6) is 0 Å². The second-order valence-corrected chi connectivity index (χ2v) is 8.20. The second kappa shape index (κ2) is 9.01. The number of rotatable bonds is 9. The van der Waals surface area contributed by atoms with Crippen molar-refractivity contribution in [1.29, 1.82) is 0 Å². The Hall–Kier alpha value is -2.38. The summed E-state index contributed by atoms with van der Waals surface area (Å²) in [6.07, 6.45) is 0.642. The summed E-state index contributed by atoms with van der Waals surface area (Å²) in [5, 5.41) is 17.3. The fourth-order valence-corrected chi connectivity index (χ4v) is 3.55. The third-order valence-corrected chi connectivity index (χ3v) is 5.94. The first-order valence-electron chi connectivity index (χ1n) is 8.45. The lowest BCUT2D eigenvalue weighted by Gasteiger charge is -2.19. The van der Waals surface area contributed by atoms with E-state index in [1.54, 1.807) is 0 Å². The maximum absolute atomic E-state index is 12.3. The molecule has 2 aromatic carbocycles. The normalized spacial score (nSPS) is 12.8. The maximum Gasteiger partial charge on any atom is 0.343 e. The van der Waals surface area contributed by atoms with E-state index >= 15 is 0 Å². The van der Waals surface area contributed by atoms with Gasteiger partial charge < -0.3 is 9.05 Å². The van der Waals surface area contributed by atoms with Gasteiger partial charge in [-0.3, -0.25) is 9.88 Å². The molecule has 0 fully saturated rings. The van der Waals surface area contributed by atoms with Gasteiger partial charge in [-0.05, 0) is 23.1 Å². The third kappa shape index (κ3) is 5.08. The number of nitrogens with one attached hydrogen (secondary N) is 2. The molecule has 0 amide bonds. The molecule has 0 radical (unpaired) electrons. The lowest BCUT2D eigenvalue weighted by Crippen LogP contribution is -2.26. The number of aromatic nitrogens is 4. The van der Waals surface area contributed by atoms with Gasteiger partial charge >= 0.3 is 7.60 Å². The van der Waals surface area contributed by atoms with Gasteiger partial charge in [0, 0.05) is 14.2 Å². The van der Waals surface area contributed by atoms with E-state index in [4.69, 9.17) is 9.05 Å². The number of hydrogen-bond acceptors (Lipinski definition) is 7. The summed E-state index contributed by atoms with van der Waals surface area (Å²) in [6.45, 7) is 0. The summed E-state index contributed by atoms with van der Waals surface area (Å²) in [5.41, 5.74) is 3.39. The maximum atomic E-state index is 12.3. The Balaban J connectivity index is 1.73. The van der Waals surface area contributed by atoms with Gasteiger partial charge in [0.25, 0.3) is 0 Å². The molecule has 1 heterocycles. The van der Waals surface area contributed by atoms with Crippen LogP contribution in [-0.2, 0) is 20.0 Å². The smallest absolute Gasteiger partial charge is 0.311 e. The number of benzene rings is 2. The van der Waals surface area contributed by atoms with Crippen LogP contribution in [0.4, 0.5) is 0 Å². The summed E-state index contributed by atoms with van der Waals surface area (Å²) < 4.78 is 22.3. The van der Waals surface area contributed by atoms with Gasteiger partial charge in [-0.15, -0.1) is 10.2 Å². The highest BCUT2D eigenvalue weighted by atomic mass is 31.2. The topological polar surface area (TPSA) is 102 Å². The monoisotopic (exact) mass is 387 g/mol. The van der Waals surface area contributed by atoms with Gasteiger partial charge in [0.05, 0.1) is 12.3 Å². The van der Waals surface area contributed by atoms with Gasteiger partial charge in [-0.25, -0.2) is 0 Å².